The highest BCUT2D eigenvalue weighted by Gasteiger charge is 2.55. The third kappa shape index (κ3) is 3.59. The van der Waals surface area contributed by atoms with E-state index in [1.54, 1.807) is 28.8 Å². The van der Waals surface area contributed by atoms with Gasteiger partial charge in [0.15, 0.2) is 0 Å². The number of fused-ring (bicyclic) bond motifs is 3. The monoisotopic (exact) mass is 427 g/mol. The molecule has 3 heterocycles. The molecule has 0 saturated carbocycles. The molecule has 7 heteroatoms. The van der Waals surface area contributed by atoms with Crippen LogP contribution in [0.2, 0.25) is 0 Å². The minimum atomic E-state index is -0.424. The molecule has 2 aromatic rings. The van der Waals surface area contributed by atoms with Crippen LogP contribution in [0.5, 0.6) is 0 Å². The molecule has 166 valence electrons. The average molecular weight is 428 g/mol. The van der Waals surface area contributed by atoms with Crippen molar-refractivity contribution in [1.82, 2.24) is 14.8 Å². The number of pyridine rings is 1. The van der Waals surface area contributed by atoms with Crippen LogP contribution < -0.4 is 10.9 Å². The largest absolute Gasteiger partial charge is 0.396 e. The van der Waals surface area contributed by atoms with Gasteiger partial charge < -0.3 is 15.0 Å². The maximum atomic E-state index is 14.3. The first-order chi connectivity index (χ1) is 15.0. The number of hydrogen-bond donors (Lipinski definition) is 2. The van der Waals surface area contributed by atoms with Crippen LogP contribution in [-0.4, -0.2) is 46.2 Å². The van der Waals surface area contributed by atoms with Gasteiger partial charge >= 0.3 is 0 Å². The lowest BCUT2D eigenvalue weighted by Crippen LogP contribution is -2.48. The Morgan fingerprint density at radius 3 is 2.61 bits per heavy atom. The Morgan fingerprint density at radius 1 is 1.16 bits per heavy atom. The van der Waals surface area contributed by atoms with Crippen molar-refractivity contribution in [2.45, 2.75) is 45.3 Å². The van der Waals surface area contributed by atoms with Crippen LogP contribution in [0.25, 0.3) is 11.1 Å². The van der Waals surface area contributed by atoms with Crippen molar-refractivity contribution >= 4 is 5.91 Å². The Hall–Kier alpha value is -2.51. The highest BCUT2D eigenvalue weighted by atomic mass is 19.1. The summed E-state index contributed by atoms with van der Waals surface area (Å²) in [5, 5.41) is 13.2. The summed E-state index contributed by atoms with van der Waals surface area (Å²) in [6.07, 6.45) is 1.70. The second-order valence-corrected chi connectivity index (χ2v) is 8.50. The summed E-state index contributed by atoms with van der Waals surface area (Å²) < 4.78 is 16.0. The van der Waals surface area contributed by atoms with Gasteiger partial charge in [0.2, 0.25) is 5.91 Å². The van der Waals surface area contributed by atoms with E-state index in [1.807, 2.05) is 13.0 Å². The highest BCUT2D eigenvalue weighted by molar-refractivity contribution is 5.82. The first-order valence-electron chi connectivity index (χ1n) is 11.2. The molecule has 2 aliphatic heterocycles. The number of carbonyl (C=O) groups is 1. The Morgan fingerprint density at radius 2 is 1.94 bits per heavy atom. The normalized spacial score (nSPS) is 24.8. The van der Waals surface area contributed by atoms with Crippen molar-refractivity contribution in [3.05, 3.63) is 58.3 Å². The quantitative estimate of drug-likeness (QED) is 0.712. The Kier molecular flexibility index (Phi) is 6.25. The fraction of sp³-hybridized carbons (Fsp3) is 0.500. The fourth-order valence-electron chi connectivity index (χ4n) is 5.36. The maximum absolute atomic E-state index is 14.3. The van der Waals surface area contributed by atoms with Gasteiger partial charge in [-0.05, 0) is 37.6 Å². The summed E-state index contributed by atoms with van der Waals surface area (Å²) in [4.78, 5) is 28.4. The van der Waals surface area contributed by atoms with Gasteiger partial charge in [-0.3, -0.25) is 14.5 Å². The predicted octanol–water partition coefficient (Wildman–Crippen LogP) is 2.55. The topological polar surface area (TPSA) is 74.6 Å². The van der Waals surface area contributed by atoms with Crippen LogP contribution in [0.15, 0.2) is 41.2 Å². The first kappa shape index (κ1) is 21.7. The average Bonchev–Trinajstić information content (AvgIpc) is 3.29. The number of nitrogens with zero attached hydrogens (tertiary/aromatic N) is 2. The molecule has 1 aromatic heterocycles. The van der Waals surface area contributed by atoms with E-state index in [-0.39, 0.29) is 36.0 Å². The number of aliphatic hydroxyl groups is 1. The zero-order valence-corrected chi connectivity index (χ0v) is 18.1. The zero-order valence-electron chi connectivity index (χ0n) is 18.1. The van der Waals surface area contributed by atoms with Crippen LogP contribution in [0.3, 0.4) is 0 Å². The van der Waals surface area contributed by atoms with E-state index in [0.29, 0.717) is 30.8 Å². The number of nitrogens with one attached hydrogen (secondary N) is 1. The predicted molar refractivity (Wildman–Crippen MR) is 117 cm³/mol. The molecule has 1 fully saturated rings. The van der Waals surface area contributed by atoms with Gasteiger partial charge in [0.05, 0.1) is 17.6 Å². The molecule has 4 rings (SSSR count). The van der Waals surface area contributed by atoms with Crippen LogP contribution in [-0.2, 0) is 11.3 Å². The molecular formula is C24H30FN3O3. The van der Waals surface area contributed by atoms with E-state index < -0.39 is 11.9 Å². The number of likely N-dealkylation sites (tertiary alicyclic amines) is 1. The number of hydrogen-bond acceptors (Lipinski definition) is 4. The minimum absolute atomic E-state index is 0.0440. The summed E-state index contributed by atoms with van der Waals surface area (Å²) in [5.41, 5.74) is 1.24. The van der Waals surface area contributed by atoms with Crippen molar-refractivity contribution in [1.29, 1.82) is 0 Å². The van der Waals surface area contributed by atoms with E-state index in [0.717, 1.165) is 18.5 Å². The molecule has 1 saturated heterocycles. The van der Waals surface area contributed by atoms with Crippen molar-refractivity contribution in [2.75, 3.05) is 19.7 Å². The summed E-state index contributed by atoms with van der Waals surface area (Å²) >= 11 is 0. The van der Waals surface area contributed by atoms with E-state index in [4.69, 9.17) is 0 Å². The summed E-state index contributed by atoms with van der Waals surface area (Å²) in [7, 11) is 0. The molecule has 1 amide bonds. The maximum Gasteiger partial charge on any atom is 0.258 e. The first-order valence-corrected chi connectivity index (χ1v) is 11.2. The summed E-state index contributed by atoms with van der Waals surface area (Å²) in [5.74, 6) is -0.783. The van der Waals surface area contributed by atoms with Crippen LogP contribution in [0.4, 0.5) is 4.39 Å². The van der Waals surface area contributed by atoms with Gasteiger partial charge in [0, 0.05) is 42.8 Å². The standard InChI is InChI=1S/C24H30FN3O3/c1-3-11-26-23(30)22-18(14-29)17-13-28-20(21(17)27(22)12-4-2)10-9-16(24(28)31)15-7-5-6-8-19(15)25/h5-10,17-18,21-22,29H,3-4,11-14H2,1-2H3,(H,26,30)/t17-,18-,21+,22-/m1/s1. The zero-order chi connectivity index (χ0) is 22.1. The Labute approximate surface area is 181 Å². The minimum Gasteiger partial charge on any atom is -0.396 e. The molecule has 0 radical (unpaired) electrons. The van der Waals surface area contributed by atoms with Crippen molar-refractivity contribution in [3.63, 3.8) is 0 Å². The molecule has 0 aliphatic carbocycles. The van der Waals surface area contributed by atoms with Gasteiger partial charge in [0.1, 0.15) is 5.82 Å². The van der Waals surface area contributed by atoms with Gasteiger partial charge in [-0.15, -0.1) is 0 Å². The van der Waals surface area contributed by atoms with Crippen molar-refractivity contribution in [2.24, 2.45) is 11.8 Å². The third-order valence-electron chi connectivity index (χ3n) is 6.65. The molecule has 4 atom stereocenters. The highest BCUT2D eigenvalue weighted by Crippen LogP contribution is 2.49. The molecule has 31 heavy (non-hydrogen) atoms. The van der Waals surface area contributed by atoms with Crippen LogP contribution in [0, 0.1) is 17.7 Å². The smallest absolute Gasteiger partial charge is 0.258 e. The Balaban J connectivity index is 1.75. The van der Waals surface area contributed by atoms with E-state index in [1.165, 1.54) is 6.07 Å². The van der Waals surface area contributed by atoms with E-state index in [9.17, 15) is 19.1 Å². The SMILES string of the molecule is CCCNC(=O)[C@H]1[C@H](CO)[C@H]2Cn3c(ccc(-c4ccccc4F)c3=O)[C@H]2N1CCC. The summed E-state index contributed by atoms with van der Waals surface area (Å²) in [6, 6.07) is 9.34. The molecule has 0 bridgehead atoms. The van der Waals surface area contributed by atoms with E-state index in [2.05, 4.69) is 17.1 Å². The lowest BCUT2D eigenvalue weighted by molar-refractivity contribution is -0.127. The van der Waals surface area contributed by atoms with Crippen LogP contribution >= 0.6 is 0 Å². The number of aromatic nitrogens is 1. The second kappa shape index (κ2) is 8.93. The second-order valence-electron chi connectivity index (χ2n) is 8.50. The summed E-state index contributed by atoms with van der Waals surface area (Å²) in [6.45, 7) is 5.67. The molecule has 6 nitrogen and oxygen atoms in total. The number of carbonyl (C=O) groups excluding carboxylic acids is 1. The van der Waals surface area contributed by atoms with Crippen molar-refractivity contribution < 1.29 is 14.3 Å². The van der Waals surface area contributed by atoms with Gasteiger partial charge in [-0.1, -0.05) is 32.0 Å². The molecular weight excluding hydrogens is 397 g/mol. The number of halogens is 1. The molecule has 2 aliphatic rings. The van der Waals surface area contributed by atoms with Gasteiger partial charge in [0.25, 0.3) is 5.56 Å². The van der Waals surface area contributed by atoms with E-state index >= 15 is 0 Å². The fourth-order valence-corrected chi connectivity index (χ4v) is 5.36. The van der Waals surface area contributed by atoms with Crippen molar-refractivity contribution in [3.8, 4) is 11.1 Å². The van der Waals surface area contributed by atoms with Gasteiger partial charge in [-0.25, -0.2) is 4.39 Å². The number of benzene rings is 1. The molecule has 2 N–H and O–H groups in total. The number of amides is 1. The molecule has 1 aromatic carbocycles. The molecule has 0 unspecified atom stereocenters. The van der Waals surface area contributed by atoms with Crippen LogP contribution in [0.1, 0.15) is 38.4 Å². The lowest BCUT2D eigenvalue weighted by atomic mass is 9.88. The Bertz CT molecular complexity index is 1020. The third-order valence-corrected chi connectivity index (χ3v) is 6.65. The lowest BCUT2D eigenvalue weighted by Gasteiger charge is -2.30. The number of rotatable bonds is 7. The van der Waals surface area contributed by atoms with Gasteiger partial charge in [-0.2, -0.15) is 0 Å². The molecule has 0 spiro atoms. The number of aliphatic hydroxyl groups excluding tert-OH is 1.